The summed E-state index contributed by atoms with van der Waals surface area (Å²) < 4.78 is 17.7. The van der Waals surface area contributed by atoms with E-state index in [1.54, 1.807) is 23.9 Å². The van der Waals surface area contributed by atoms with Gasteiger partial charge in [0.2, 0.25) is 0 Å². The van der Waals surface area contributed by atoms with Gasteiger partial charge in [-0.15, -0.1) is 11.8 Å². The topological polar surface area (TPSA) is 29.5 Å². The number of ether oxygens (including phenoxy) is 1. The summed E-state index contributed by atoms with van der Waals surface area (Å²) in [4.78, 5) is 1.02. The Morgan fingerprint density at radius 1 is 1.33 bits per heavy atom. The number of thioether (sulfide) groups is 1. The van der Waals surface area contributed by atoms with Crippen LogP contribution in [-0.2, 0) is 4.74 Å². The Morgan fingerprint density at radius 2 is 2.00 bits per heavy atom. The molecule has 1 aliphatic rings. The standard InChI is InChI=1S/C11H13FO2S/c12-9-1-3-10(4-2-9)15-8-11(5-13)6-14-7-11/h1-4,13H,5-8H2. The van der Waals surface area contributed by atoms with Crippen LogP contribution in [-0.4, -0.2) is 30.7 Å². The predicted molar refractivity (Wildman–Crippen MR) is 57.5 cm³/mol. The summed E-state index contributed by atoms with van der Waals surface area (Å²) in [5, 5.41) is 9.21. The van der Waals surface area contributed by atoms with Gasteiger partial charge in [-0.3, -0.25) is 0 Å². The van der Waals surface area contributed by atoms with E-state index in [1.165, 1.54) is 12.1 Å². The fourth-order valence-corrected chi connectivity index (χ4v) is 2.44. The van der Waals surface area contributed by atoms with Crippen molar-refractivity contribution in [2.45, 2.75) is 4.90 Å². The van der Waals surface area contributed by atoms with Crippen molar-refractivity contribution >= 4 is 11.8 Å². The van der Waals surface area contributed by atoms with Gasteiger partial charge in [0.25, 0.3) is 0 Å². The lowest BCUT2D eigenvalue weighted by atomic mass is 9.90. The van der Waals surface area contributed by atoms with E-state index < -0.39 is 0 Å². The summed E-state index contributed by atoms with van der Waals surface area (Å²) in [6, 6.07) is 6.41. The van der Waals surface area contributed by atoms with E-state index in [0.717, 1.165) is 10.6 Å². The lowest BCUT2D eigenvalue weighted by Crippen LogP contribution is -2.47. The Bertz CT molecular complexity index is 316. The lowest BCUT2D eigenvalue weighted by Gasteiger charge is -2.39. The summed E-state index contributed by atoms with van der Waals surface area (Å²) in [5.41, 5.74) is -0.0843. The van der Waals surface area contributed by atoms with Crippen molar-refractivity contribution in [3.63, 3.8) is 0 Å². The van der Waals surface area contributed by atoms with Crippen molar-refractivity contribution < 1.29 is 14.2 Å². The van der Waals surface area contributed by atoms with Gasteiger partial charge in [-0.25, -0.2) is 4.39 Å². The molecule has 0 aromatic heterocycles. The number of halogens is 1. The predicted octanol–water partition coefficient (Wildman–Crippen LogP) is 1.93. The van der Waals surface area contributed by atoms with Crippen LogP contribution in [0.5, 0.6) is 0 Å². The molecule has 4 heteroatoms. The molecular formula is C11H13FO2S. The summed E-state index contributed by atoms with van der Waals surface area (Å²) >= 11 is 1.63. The van der Waals surface area contributed by atoms with E-state index >= 15 is 0 Å². The van der Waals surface area contributed by atoms with E-state index in [4.69, 9.17) is 4.74 Å². The third-order valence-electron chi connectivity index (χ3n) is 2.51. The van der Waals surface area contributed by atoms with Crippen molar-refractivity contribution in [2.75, 3.05) is 25.6 Å². The number of aliphatic hydroxyl groups is 1. The van der Waals surface area contributed by atoms with Crippen molar-refractivity contribution in [1.82, 2.24) is 0 Å². The Labute approximate surface area is 92.4 Å². The summed E-state index contributed by atoms with van der Waals surface area (Å²) in [6.45, 7) is 1.40. The molecule has 1 N–H and O–H groups in total. The van der Waals surface area contributed by atoms with Gasteiger partial charge in [-0.2, -0.15) is 0 Å². The minimum Gasteiger partial charge on any atom is -0.396 e. The Morgan fingerprint density at radius 3 is 2.47 bits per heavy atom. The minimum atomic E-state index is -0.219. The van der Waals surface area contributed by atoms with Gasteiger partial charge in [0.05, 0.1) is 19.8 Å². The highest BCUT2D eigenvalue weighted by molar-refractivity contribution is 7.99. The van der Waals surface area contributed by atoms with Gasteiger partial charge >= 0.3 is 0 Å². The van der Waals surface area contributed by atoms with Crippen LogP contribution in [0.2, 0.25) is 0 Å². The van der Waals surface area contributed by atoms with Crippen LogP contribution in [0.1, 0.15) is 0 Å². The second kappa shape index (κ2) is 4.51. The molecule has 2 nitrogen and oxygen atoms in total. The first kappa shape index (κ1) is 10.9. The molecule has 0 amide bonds. The molecule has 1 saturated heterocycles. The lowest BCUT2D eigenvalue weighted by molar-refractivity contribution is -0.121. The molecule has 0 spiro atoms. The summed E-state index contributed by atoms with van der Waals surface area (Å²) in [5.74, 6) is 0.595. The molecule has 15 heavy (non-hydrogen) atoms. The van der Waals surface area contributed by atoms with Crippen LogP contribution in [0.15, 0.2) is 29.2 Å². The largest absolute Gasteiger partial charge is 0.396 e. The molecule has 1 aromatic rings. The molecule has 1 heterocycles. The molecule has 82 valence electrons. The number of aliphatic hydroxyl groups excluding tert-OH is 1. The molecule has 0 atom stereocenters. The molecule has 2 rings (SSSR count). The van der Waals surface area contributed by atoms with Crippen molar-refractivity contribution in [3.05, 3.63) is 30.1 Å². The maximum Gasteiger partial charge on any atom is 0.123 e. The highest BCUT2D eigenvalue weighted by atomic mass is 32.2. The van der Waals surface area contributed by atoms with Crippen LogP contribution in [0.25, 0.3) is 0 Å². The first-order valence-corrected chi connectivity index (χ1v) is 5.80. The third-order valence-corrected chi connectivity index (χ3v) is 3.87. The average molecular weight is 228 g/mol. The average Bonchev–Trinajstić information content (AvgIpc) is 2.20. The minimum absolute atomic E-state index is 0.0843. The van der Waals surface area contributed by atoms with Gasteiger partial charge < -0.3 is 9.84 Å². The molecule has 1 aliphatic heterocycles. The van der Waals surface area contributed by atoms with E-state index in [1.807, 2.05) is 0 Å². The van der Waals surface area contributed by atoms with Gasteiger partial charge in [-0.1, -0.05) is 0 Å². The molecule has 0 saturated carbocycles. The van der Waals surface area contributed by atoms with E-state index in [9.17, 15) is 9.50 Å². The fourth-order valence-electron chi connectivity index (χ4n) is 1.38. The fraction of sp³-hybridized carbons (Fsp3) is 0.455. The van der Waals surface area contributed by atoms with Gasteiger partial charge in [0, 0.05) is 16.1 Å². The number of benzene rings is 1. The monoisotopic (exact) mass is 228 g/mol. The maximum absolute atomic E-state index is 12.6. The van der Waals surface area contributed by atoms with Crippen molar-refractivity contribution in [1.29, 1.82) is 0 Å². The quantitative estimate of drug-likeness (QED) is 0.798. The highest BCUT2D eigenvalue weighted by Crippen LogP contribution is 2.33. The van der Waals surface area contributed by atoms with Crippen molar-refractivity contribution in [3.8, 4) is 0 Å². The molecule has 1 aromatic carbocycles. The number of hydrogen-bond acceptors (Lipinski definition) is 3. The van der Waals surface area contributed by atoms with E-state index in [0.29, 0.717) is 13.2 Å². The number of rotatable bonds is 4. The summed E-state index contributed by atoms with van der Waals surface area (Å²) in [7, 11) is 0. The Balaban J connectivity index is 1.90. The van der Waals surface area contributed by atoms with Crippen molar-refractivity contribution in [2.24, 2.45) is 5.41 Å². The molecule has 1 fully saturated rings. The van der Waals surface area contributed by atoms with Gasteiger partial charge in [-0.05, 0) is 24.3 Å². The normalized spacial score (nSPS) is 18.5. The van der Waals surface area contributed by atoms with Crippen LogP contribution < -0.4 is 0 Å². The Hall–Kier alpha value is -0.580. The zero-order chi connectivity index (χ0) is 10.7. The van der Waals surface area contributed by atoms with Gasteiger partial charge in [0.15, 0.2) is 0 Å². The number of hydrogen-bond donors (Lipinski definition) is 1. The van der Waals surface area contributed by atoms with Crippen LogP contribution in [0, 0.1) is 11.2 Å². The summed E-state index contributed by atoms with van der Waals surface area (Å²) in [6.07, 6.45) is 0. The van der Waals surface area contributed by atoms with E-state index in [-0.39, 0.29) is 17.8 Å². The molecule has 0 unspecified atom stereocenters. The first-order valence-electron chi connectivity index (χ1n) is 4.81. The third kappa shape index (κ3) is 2.51. The van der Waals surface area contributed by atoms with E-state index in [2.05, 4.69) is 0 Å². The SMILES string of the molecule is OCC1(CSc2ccc(F)cc2)COC1. The maximum atomic E-state index is 12.6. The second-order valence-electron chi connectivity index (χ2n) is 3.89. The van der Waals surface area contributed by atoms with Crippen LogP contribution in [0.4, 0.5) is 4.39 Å². The van der Waals surface area contributed by atoms with Crippen LogP contribution >= 0.6 is 11.8 Å². The smallest absolute Gasteiger partial charge is 0.123 e. The zero-order valence-corrected chi connectivity index (χ0v) is 9.10. The second-order valence-corrected chi connectivity index (χ2v) is 4.94. The molecule has 0 radical (unpaired) electrons. The zero-order valence-electron chi connectivity index (χ0n) is 8.28. The van der Waals surface area contributed by atoms with Crippen LogP contribution in [0.3, 0.4) is 0 Å². The first-order chi connectivity index (χ1) is 7.24. The highest BCUT2D eigenvalue weighted by Gasteiger charge is 2.37. The Kier molecular flexibility index (Phi) is 3.29. The molecule has 0 bridgehead atoms. The van der Waals surface area contributed by atoms with Gasteiger partial charge in [0.1, 0.15) is 5.82 Å². The molecular weight excluding hydrogens is 215 g/mol. The molecule has 0 aliphatic carbocycles.